The summed E-state index contributed by atoms with van der Waals surface area (Å²) >= 11 is 3.12. The molecular weight excluding hydrogens is 352 g/mol. The van der Waals surface area contributed by atoms with Gasteiger partial charge in [0.2, 0.25) is 5.91 Å². The highest BCUT2D eigenvalue weighted by Gasteiger charge is 2.24. The zero-order valence-electron chi connectivity index (χ0n) is 12.1. The van der Waals surface area contributed by atoms with Crippen molar-refractivity contribution >= 4 is 27.7 Å². The van der Waals surface area contributed by atoms with Crippen LogP contribution >= 0.6 is 15.9 Å². The number of nitrogens with zero attached hydrogens (tertiary/aromatic N) is 3. The first-order chi connectivity index (χ1) is 10.4. The van der Waals surface area contributed by atoms with Gasteiger partial charge in [0, 0.05) is 0 Å². The maximum Gasteiger partial charge on any atom is 0.404 e. The molecule has 116 valence electrons. The van der Waals surface area contributed by atoms with Crippen molar-refractivity contribution in [2.24, 2.45) is 0 Å². The first-order valence-corrected chi connectivity index (χ1v) is 7.41. The summed E-state index contributed by atoms with van der Waals surface area (Å²) in [6.45, 7) is 3.47. The van der Waals surface area contributed by atoms with Crippen LogP contribution in [0.1, 0.15) is 24.2 Å². The van der Waals surface area contributed by atoms with Crippen LogP contribution in [0.2, 0.25) is 0 Å². The third-order valence-electron chi connectivity index (χ3n) is 3.26. The van der Waals surface area contributed by atoms with Crippen molar-refractivity contribution in [2.75, 3.05) is 0 Å². The molecule has 7 nitrogen and oxygen atoms in total. The van der Waals surface area contributed by atoms with E-state index in [9.17, 15) is 14.9 Å². The number of rotatable bonds is 5. The fourth-order valence-electron chi connectivity index (χ4n) is 2.03. The second-order valence-corrected chi connectivity index (χ2v) is 5.63. The van der Waals surface area contributed by atoms with E-state index in [-0.39, 0.29) is 24.3 Å². The van der Waals surface area contributed by atoms with Crippen molar-refractivity contribution < 1.29 is 9.72 Å². The predicted octanol–water partition coefficient (Wildman–Crippen LogP) is 2.74. The van der Waals surface area contributed by atoms with E-state index in [1.54, 1.807) is 6.92 Å². The van der Waals surface area contributed by atoms with Crippen LogP contribution in [0.25, 0.3) is 0 Å². The molecule has 0 saturated heterocycles. The van der Waals surface area contributed by atoms with E-state index in [4.69, 9.17) is 0 Å². The first-order valence-electron chi connectivity index (χ1n) is 6.61. The Hall–Kier alpha value is -2.22. The molecule has 22 heavy (non-hydrogen) atoms. The van der Waals surface area contributed by atoms with Crippen molar-refractivity contribution in [1.29, 1.82) is 0 Å². The topological polar surface area (TPSA) is 90.1 Å². The van der Waals surface area contributed by atoms with Gasteiger partial charge in [-0.25, -0.2) is 0 Å². The van der Waals surface area contributed by atoms with Crippen LogP contribution in [0.4, 0.5) is 5.82 Å². The molecule has 0 radical (unpaired) electrons. The lowest BCUT2D eigenvalue weighted by Gasteiger charge is -2.13. The average molecular weight is 367 g/mol. The molecule has 1 amide bonds. The van der Waals surface area contributed by atoms with Crippen LogP contribution in [0, 0.1) is 17.0 Å². The largest absolute Gasteiger partial charge is 0.404 e. The Morgan fingerprint density at radius 2 is 2.09 bits per heavy atom. The number of amides is 1. The van der Waals surface area contributed by atoms with Gasteiger partial charge < -0.3 is 15.4 Å². The van der Waals surface area contributed by atoms with E-state index < -0.39 is 4.92 Å². The van der Waals surface area contributed by atoms with E-state index in [1.165, 1.54) is 4.68 Å². The van der Waals surface area contributed by atoms with Gasteiger partial charge in [-0.3, -0.25) is 4.79 Å². The minimum atomic E-state index is -0.585. The number of halogens is 1. The Bertz CT molecular complexity index is 700. The number of aromatic nitrogens is 2. The van der Waals surface area contributed by atoms with Crippen LogP contribution in [-0.2, 0) is 11.3 Å². The number of carbonyl (C=O) groups is 1. The number of hydrogen-bond acceptors (Lipinski definition) is 4. The molecule has 0 aliphatic heterocycles. The summed E-state index contributed by atoms with van der Waals surface area (Å²) in [6, 6.07) is 9.40. The molecule has 1 N–H and O–H groups in total. The lowest BCUT2D eigenvalue weighted by Crippen LogP contribution is -2.30. The van der Waals surface area contributed by atoms with Gasteiger partial charge in [0.1, 0.15) is 11.0 Å². The van der Waals surface area contributed by atoms with Crippen LogP contribution < -0.4 is 5.32 Å². The fraction of sp³-hybridized carbons (Fsp3) is 0.286. The van der Waals surface area contributed by atoms with Crippen molar-refractivity contribution in [2.45, 2.75) is 26.4 Å². The highest BCUT2D eigenvalue weighted by Crippen LogP contribution is 2.26. The molecule has 0 fully saturated rings. The van der Waals surface area contributed by atoms with Crippen molar-refractivity contribution in [3.63, 3.8) is 0 Å². The maximum absolute atomic E-state index is 12.1. The molecular formula is C14H15BrN4O3. The highest BCUT2D eigenvalue weighted by atomic mass is 79.9. The minimum Gasteiger partial charge on any atom is -0.358 e. The summed E-state index contributed by atoms with van der Waals surface area (Å²) in [7, 11) is 0. The molecule has 2 aromatic rings. The SMILES string of the molecule is Cc1c(Br)c([N+](=O)[O-])nn1CC(=O)N[C@@H](C)c1ccccc1. The van der Waals surface area contributed by atoms with Crippen molar-refractivity contribution in [1.82, 2.24) is 15.1 Å². The van der Waals surface area contributed by atoms with E-state index in [2.05, 4.69) is 26.3 Å². The summed E-state index contributed by atoms with van der Waals surface area (Å²) in [5.74, 6) is -0.550. The molecule has 0 saturated carbocycles. The van der Waals surface area contributed by atoms with Crippen molar-refractivity contribution in [3.05, 3.63) is 56.2 Å². The number of hydrogen-bond donors (Lipinski definition) is 1. The summed E-state index contributed by atoms with van der Waals surface area (Å²) in [4.78, 5) is 22.3. The molecule has 8 heteroatoms. The molecule has 0 bridgehead atoms. The third-order valence-corrected chi connectivity index (χ3v) is 4.19. The number of benzene rings is 1. The smallest absolute Gasteiger partial charge is 0.358 e. The molecule has 0 spiro atoms. The van der Waals surface area contributed by atoms with Gasteiger partial charge in [0.05, 0.1) is 16.8 Å². The van der Waals surface area contributed by atoms with Crippen LogP contribution in [0.15, 0.2) is 34.8 Å². The van der Waals surface area contributed by atoms with Crippen LogP contribution in [0.3, 0.4) is 0 Å². The number of nitro groups is 1. The van der Waals surface area contributed by atoms with Gasteiger partial charge >= 0.3 is 5.82 Å². The zero-order valence-corrected chi connectivity index (χ0v) is 13.7. The van der Waals surface area contributed by atoms with E-state index in [0.717, 1.165) is 5.56 Å². The Labute approximate surface area is 135 Å². The van der Waals surface area contributed by atoms with E-state index >= 15 is 0 Å². The summed E-state index contributed by atoms with van der Waals surface area (Å²) in [5, 5.41) is 17.5. The lowest BCUT2D eigenvalue weighted by atomic mass is 10.1. The number of carbonyl (C=O) groups excluding carboxylic acids is 1. The van der Waals surface area contributed by atoms with E-state index in [0.29, 0.717) is 10.2 Å². The zero-order chi connectivity index (χ0) is 16.3. The normalized spacial score (nSPS) is 12.0. The Balaban J connectivity index is 2.07. The van der Waals surface area contributed by atoms with Crippen molar-refractivity contribution in [3.8, 4) is 0 Å². The molecule has 0 unspecified atom stereocenters. The molecule has 1 aromatic heterocycles. The predicted molar refractivity (Wildman–Crippen MR) is 84.3 cm³/mol. The Morgan fingerprint density at radius 1 is 1.45 bits per heavy atom. The molecule has 1 heterocycles. The van der Waals surface area contributed by atoms with Gasteiger partial charge in [0.15, 0.2) is 0 Å². The fourth-order valence-corrected chi connectivity index (χ4v) is 2.46. The van der Waals surface area contributed by atoms with Gasteiger partial charge in [-0.1, -0.05) is 30.3 Å². The highest BCUT2D eigenvalue weighted by molar-refractivity contribution is 9.10. The Morgan fingerprint density at radius 3 is 2.64 bits per heavy atom. The second-order valence-electron chi connectivity index (χ2n) is 4.84. The molecule has 1 aromatic carbocycles. The second kappa shape index (κ2) is 6.69. The van der Waals surface area contributed by atoms with Gasteiger partial charge in [-0.15, -0.1) is 0 Å². The van der Waals surface area contributed by atoms with Crippen LogP contribution in [0.5, 0.6) is 0 Å². The minimum absolute atomic E-state index is 0.0740. The van der Waals surface area contributed by atoms with Crippen LogP contribution in [-0.4, -0.2) is 20.6 Å². The molecule has 2 rings (SSSR count). The van der Waals surface area contributed by atoms with Gasteiger partial charge in [-0.05, 0) is 40.3 Å². The summed E-state index contributed by atoms with van der Waals surface area (Å²) < 4.78 is 1.61. The standard InChI is InChI=1S/C14H15BrN4O3/c1-9(11-6-4-3-5-7-11)16-12(20)8-18-10(2)13(15)14(17-18)19(21)22/h3-7,9H,8H2,1-2H3,(H,16,20)/t9-/m0/s1. The average Bonchev–Trinajstić information content (AvgIpc) is 2.76. The summed E-state index contributed by atoms with van der Waals surface area (Å²) in [6.07, 6.45) is 0. The molecule has 1 atom stereocenters. The summed E-state index contributed by atoms with van der Waals surface area (Å²) in [5.41, 5.74) is 1.52. The molecule has 0 aliphatic rings. The molecule has 0 aliphatic carbocycles. The lowest BCUT2D eigenvalue weighted by molar-refractivity contribution is -0.390. The quantitative estimate of drug-likeness (QED) is 0.650. The third kappa shape index (κ3) is 3.51. The van der Waals surface area contributed by atoms with E-state index in [1.807, 2.05) is 37.3 Å². The monoisotopic (exact) mass is 366 g/mol. The maximum atomic E-state index is 12.1. The first kappa shape index (κ1) is 16.2. The number of nitrogens with one attached hydrogen (secondary N) is 1. The van der Waals surface area contributed by atoms with Gasteiger partial charge in [-0.2, -0.15) is 4.68 Å². The van der Waals surface area contributed by atoms with Gasteiger partial charge in [0.25, 0.3) is 0 Å². The Kier molecular flexibility index (Phi) is 4.92.